The van der Waals surface area contributed by atoms with E-state index in [0.29, 0.717) is 12.8 Å². The van der Waals surface area contributed by atoms with Crippen LogP contribution < -0.4 is 11.1 Å². The molecule has 0 heterocycles. The minimum absolute atomic E-state index is 0.0179. The van der Waals surface area contributed by atoms with Crippen molar-refractivity contribution >= 4 is 5.91 Å². The Morgan fingerprint density at radius 3 is 2.67 bits per heavy atom. The average molecular weight is 244 g/mol. The van der Waals surface area contributed by atoms with E-state index in [1.54, 1.807) is 0 Å². The van der Waals surface area contributed by atoms with Gasteiger partial charge in [-0.2, -0.15) is 0 Å². The highest BCUT2D eigenvalue weighted by atomic mass is 16.2. The highest BCUT2D eigenvalue weighted by Gasteiger charge is 2.16. The lowest BCUT2D eigenvalue weighted by Crippen LogP contribution is -2.46. The van der Waals surface area contributed by atoms with Gasteiger partial charge in [0.05, 0.1) is 6.04 Å². The Balaban J connectivity index is 2.49. The molecule has 0 aliphatic carbocycles. The lowest BCUT2D eigenvalue weighted by molar-refractivity contribution is -0.123. The normalized spacial score (nSPS) is 13.4. The third-order valence-electron chi connectivity index (χ3n) is 2.84. The van der Waals surface area contributed by atoms with E-state index in [2.05, 4.69) is 11.2 Å². The van der Waals surface area contributed by atoms with Gasteiger partial charge in [-0.05, 0) is 18.4 Å². The summed E-state index contributed by atoms with van der Waals surface area (Å²) in [5.41, 5.74) is 6.95. The number of nitrogens with two attached hydrogens (primary N) is 1. The molecule has 2 atom stereocenters. The predicted molar refractivity (Wildman–Crippen MR) is 73.8 cm³/mol. The predicted octanol–water partition coefficient (Wildman–Crippen LogP) is 1.47. The number of rotatable bonds is 6. The van der Waals surface area contributed by atoms with Crippen LogP contribution in [-0.4, -0.2) is 18.0 Å². The Morgan fingerprint density at radius 1 is 1.44 bits per heavy atom. The Hall–Kier alpha value is -1.79. The summed E-state index contributed by atoms with van der Waals surface area (Å²) in [6.07, 6.45) is 7.14. The van der Waals surface area contributed by atoms with Crippen molar-refractivity contribution in [1.82, 2.24) is 5.32 Å². The number of hydrogen-bond donors (Lipinski definition) is 2. The zero-order valence-corrected chi connectivity index (χ0v) is 10.7. The highest BCUT2D eigenvalue weighted by molar-refractivity contribution is 5.82. The van der Waals surface area contributed by atoms with Crippen LogP contribution in [0.5, 0.6) is 0 Å². The number of nitrogens with one attached hydrogen (secondary N) is 1. The molecule has 1 unspecified atom stereocenters. The van der Waals surface area contributed by atoms with Crippen LogP contribution in [0.1, 0.15) is 25.3 Å². The molecule has 1 amide bonds. The molecule has 18 heavy (non-hydrogen) atoms. The topological polar surface area (TPSA) is 55.1 Å². The fourth-order valence-corrected chi connectivity index (χ4v) is 1.71. The molecule has 1 aromatic rings. The van der Waals surface area contributed by atoms with Crippen LogP contribution in [-0.2, 0) is 11.2 Å². The number of amides is 1. The van der Waals surface area contributed by atoms with E-state index in [0.717, 1.165) is 12.0 Å². The van der Waals surface area contributed by atoms with E-state index in [1.807, 2.05) is 37.3 Å². The second-order valence-electron chi connectivity index (χ2n) is 4.32. The molecule has 3 nitrogen and oxygen atoms in total. The smallest absolute Gasteiger partial charge is 0.237 e. The van der Waals surface area contributed by atoms with Gasteiger partial charge < -0.3 is 11.1 Å². The van der Waals surface area contributed by atoms with Crippen molar-refractivity contribution in [2.45, 2.75) is 38.3 Å². The lowest BCUT2D eigenvalue weighted by Gasteiger charge is -2.18. The Bertz CT molecular complexity index is 408. The Kier molecular flexibility index (Phi) is 5.96. The van der Waals surface area contributed by atoms with Crippen molar-refractivity contribution in [2.24, 2.45) is 5.73 Å². The van der Waals surface area contributed by atoms with Gasteiger partial charge in [-0.1, -0.05) is 37.3 Å². The van der Waals surface area contributed by atoms with Crippen LogP contribution >= 0.6 is 0 Å². The molecule has 0 aliphatic rings. The molecule has 3 N–H and O–H groups in total. The summed E-state index contributed by atoms with van der Waals surface area (Å²) in [5, 5.41) is 2.88. The van der Waals surface area contributed by atoms with Gasteiger partial charge in [0.15, 0.2) is 0 Å². The standard InChI is InChI=1S/C15H20N2O/c1-3-8-13(4-2)17-15(18)14(16)11-12-9-6-5-7-10-12/h1,5-7,9-10,13-14H,4,8,11,16H2,2H3,(H,17,18)/t13?,14-/m0/s1. The Morgan fingerprint density at radius 2 is 2.11 bits per heavy atom. The number of carbonyl (C=O) groups is 1. The first-order valence-corrected chi connectivity index (χ1v) is 6.20. The zero-order chi connectivity index (χ0) is 13.4. The van der Waals surface area contributed by atoms with Gasteiger partial charge in [0.25, 0.3) is 0 Å². The second-order valence-corrected chi connectivity index (χ2v) is 4.32. The highest BCUT2D eigenvalue weighted by Crippen LogP contribution is 2.03. The van der Waals surface area contributed by atoms with Gasteiger partial charge in [0.1, 0.15) is 0 Å². The maximum absolute atomic E-state index is 11.9. The quantitative estimate of drug-likeness (QED) is 0.745. The molecule has 0 aliphatic heterocycles. The fraction of sp³-hybridized carbons (Fsp3) is 0.400. The van der Waals surface area contributed by atoms with Gasteiger partial charge in [0.2, 0.25) is 5.91 Å². The number of terminal acetylenes is 1. The number of hydrogen-bond acceptors (Lipinski definition) is 2. The molecule has 0 bridgehead atoms. The SMILES string of the molecule is C#CCC(CC)NC(=O)[C@@H](N)Cc1ccccc1. The second kappa shape index (κ2) is 7.52. The van der Waals surface area contributed by atoms with Crippen molar-refractivity contribution in [2.75, 3.05) is 0 Å². The van der Waals surface area contributed by atoms with Gasteiger partial charge in [0, 0.05) is 12.5 Å². The van der Waals surface area contributed by atoms with E-state index in [-0.39, 0.29) is 11.9 Å². The molecule has 0 radical (unpaired) electrons. The first-order valence-electron chi connectivity index (χ1n) is 6.20. The van der Waals surface area contributed by atoms with Crippen LogP contribution in [0, 0.1) is 12.3 Å². The maximum Gasteiger partial charge on any atom is 0.237 e. The maximum atomic E-state index is 11.9. The van der Waals surface area contributed by atoms with E-state index >= 15 is 0 Å². The van der Waals surface area contributed by atoms with Crippen LogP contribution in [0.3, 0.4) is 0 Å². The summed E-state index contributed by atoms with van der Waals surface area (Å²) in [6, 6.07) is 9.23. The minimum Gasteiger partial charge on any atom is -0.351 e. The van der Waals surface area contributed by atoms with Crippen molar-refractivity contribution in [3.05, 3.63) is 35.9 Å². The third-order valence-corrected chi connectivity index (χ3v) is 2.84. The number of carbonyl (C=O) groups excluding carboxylic acids is 1. The number of benzene rings is 1. The van der Waals surface area contributed by atoms with Crippen LogP contribution in [0.15, 0.2) is 30.3 Å². The molecular formula is C15H20N2O. The monoisotopic (exact) mass is 244 g/mol. The zero-order valence-electron chi connectivity index (χ0n) is 10.7. The third kappa shape index (κ3) is 4.60. The molecule has 1 aromatic carbocycles. The molecule has 0 saturated heterocycles. The summed E-state index contributed by atoms with van der Waals surface area (Å²) in [4.78, 5) is 11.9. The summed E-state index contributed by atoms with van der Waals surface area (Å²) in [6.45, 7) is 1.99. The molecule has 3 heteroatoms. The van der Waals surface area contributed by atoms with E-state index in [1.165, 1.54) is 0 Å². The fourth-order valence-electron chi connectivity index (χ4n) is 1.71. The van der Waals surface area contributed by atoms with Crippen LogP contribution in [0.4, 0.5) is 0 Å². The molecule has 1 rings (SSSR count). The van der Waals surface area contributed by atoms with Crippen molar-refractivity contribution in [3.63, 3.8) is 0 Å². The first-order chi connectivity index (χ1) is 8.67. The summed E-state index contributed by atoms with van der Waals surface area (Å²) in [5.74, 6) is 2.42. The first kappa shape index (κ1) is 14.3. The average Bonchev–Trinajstić information content (AvgIpc) is 2.39. The molecule has 0 fully saturated rings. The summed E-state index contributed by atoms with van der Waals surface area (Å²) < 4.78 is 0. The molecule has 0 saturated carbocycles. The van der Waals surface area contributed by atoms with Crippen LogP contribution in [0.2, 0.25) is 0 Å². The molecular weight excluding hydrogens is 224 g/mol. The van der Waals surface area contributed by atoms with E-state index < -0.39 is 6.04 Å². The van der Waals surface area contributed by atoms with Crippen molar-refractivity contribution in [3.8, 4) is 12.3 Å². The molecule has 0 aromatic heterocycles. The molecule has 0 spiro atoms. The minimum atomic E-state index is -0.528. The summed E-state index contributed by atoms with van der Waals surface area (Å²) in [7, 11) is 0. The van der Waals surface area contributed by atoms with Gasteiger partial charge in [-0.15, -0.1) is 12.3 Å². The molecule has 96 valence electrons. The van der Waals surface area contributed by atoms with Gasteiger partial charge >= 0.3 is 0 Å². The van der Waals surface area contributed by atoms with E-state index in [9.17, 15) is 4.79 Å². The largest absolute Gasteiger partial charge is 0.351 e. The van der Waals surface area contributed by atoms with Crippen molar-refractivity contribution < 1.29 is 4.79 Å². The lowest BCUT2D eigenvalue weighted by atomic mass is 10.1. The van der Waals surface area contributed by atoms with E-state index in [4.69, 9.17) is 12.2 Å². The summed E-state index contributed by atoms with van der Waals surface area (Å²) >= 11 is 0. The van der Waals surface area contributed by atoms with Crippen LogP contribution in [0.25, 0.3) is 0 Å². The van der Waals surface area contributed by atoms with Gasteiger partial charge in [-0.3, -0.25) is 4.79 Å². The van der Waals surface area contributed by atoms with Crippen molar-refractivity contribution in [1.29, 1.82) is 0 Å². The van der Waals surface area contributed by atoms with Gasteiger partial charge in [-0.25, -0.2) is 0 Å². The Labute approximate surface area is 109 Å².